The maximum absolute atomic E-state index is 5.48. The first kappa shape index (κ1) is 13.5. The molecule has 2 rings (SSSR count). The minimum Gasteiger partial charge on any atom is -0.405 e. The van der Waals surface area contributed by atoms with E-state index in [4.69, 9.17) is 20.9 Å². The quantitative estimate of drug-likeness (QED) is 0.654. The summed E-state index contributed by atoms with van der Waals surface area (Å²) in [5, 5.41) is 0.683. The summed E-state index contributed by atoms with van der Waals surface area (Å²) < 4.78 is 10.4. The lowest BCUT2D eigenvalue weighted by Gasteiger charge is -2.32. The number of nitrogens with zero attached hydrogens (tertiary/aromatic N) is 1. The molecule has 0 spiro atoms. The van der Waals surface area contributed by atoms with Gasteiger partial charge in [0.15, 0.2) is 0 Å². The normalized spacial score (nSPS) is 20.6. The topological polar surface area (TPSA) is 31.4 Å². The predicted octanol–water partition coefficient (Wildman–Crippen LogP) is 2.86. The summed E-state index contributed by atoms with van der Waals surface area (Å²) in [7, 11) is 1.42. The van der Waals surface area contributed by atoms with E-state index >= 15 is 0 Å². The number of hydrogen-bond acceptors (Lipinski definition) is 3. The number of halogens is 1. The van der Waals surface area contributed by atoms with Crippen molar-refractivity contribution in [2.45, 2.75) is 38.9 Å². The van der Waals surface area contributed by atoms with Crippen LogP contribution < -0.4 is 0 Å². The van der Waals surface area contributed by atoms with Gasteiger partial charge in [0, 0.05) is 12.4 Å². The molecule has 2 heterocycles. The van der Waals surface area contributed by atoms with Gasteiger partial charge in [0.1, 0.15) is 0 Å². The van der Waals surface area contributed by atoms with Crippen LogP contribution in [0.25, 0.3) is 0 Å². The van der Waals surface area contributed by atoms with Crippen LogP contribution in [0.15, 0.2) is 24.5 Å². The zero-order chi connectivity index (χ0) is 12.2. The monoisotopic (exact) mass is 240 g/mol. The zero-order valence-electron chi connectivity index (χ0n) is 10.0. The molecule has 3 nitrogen and oxygen atoms in total. The van der Waals surface area contributed by atoms with E-state index in [1.807, 2.05) is 27.7 Å². The van der Waals surface area contributed by atoms with E-state index in [0.717, 1.165) is 0 Å². The van der Waals surface area contributed by atoms with E-state index < -0.39 is 0 Å². The van der Waals surface area contributed by atoms with Crippen molar-refractivity contribution in [1.29, 1.82) is 0 Å². The molecule has 1 radical (unpaired) electrons. The maximum atomic E-state index is 5.48. The van der Waals surface area contributed by atoms with Crippen molar-refractivity contribution in [3.05, 3.63) is 29.5 Å². The van der Waals surface area contributed by atoms with Crippen LogP contribution in [0.3, 0.4) is 0 Å². The van der Waals surface area contributed by atoms with Gasteiger partial charge in [-0.2, -0.15) is 0 Å². The van der Waals surface area contributed by atoms with Gasteiger partial charge in [0.25, 0.3) is 0 Å². The highest BCUT2D eigenvalue weighted by molar-refractivity contribution is 6.30. The second-order valence-electron chi connectivity index (χ2n) is 4.52. The second kappa shape index (κ2) is 5.17. The third kappa shape index (κ3) is 3.47. The van der Waals surface area contributed by atoms with Crippen LogP contribution in [0.4, 0.5) is 0 Å². The first-order chi connectivity index (χ1) is 7.35. The van der Waals surface area contributed by atoms with E-state index in [1.165, 1.54) is 7.69 Å². The van der Waals surface area contributed by atoms with Crippen molar-refractivity contribution in [3.63, 3.8) is 0 Å². The van der Waals surface area contributed by atoms with Crippen LogP contribution in [-0.2, 0) is 9.31 Å². The number of rotatable bonds is 0. The molecule has 1 aliphatic rings. The van der Waals surface area contributed by atoms with Gasteiger partial charge in [-0.25, -0.2) is 0 Å². The Morgan fingerprint density at radius 2 is 1.75 bits per heavy atom. The van der Waals surface area contributed by atoms with Crippen molar-refractivity contribution >= 4 is 19.3 Å². The van der Waals surface area contributed by atoms with Crippen LogP contribution in [0.1, 0.15) is 27.7 Å². The fourth-order valence-electron chi connectivity index (χ4n) is 0.890. The molecule has 5 heteroatoms. The Morgan fingerprint density at radius 1 is 1.19 bits per heavy atom. The average molecular weight is 241 g/mol. The molecule has 0 atom stereocenters. The van der Waals surface area contributed by atoms with Crippen LogP contribution in [0.5, 0.6) is 0 Å². The molecule has 1 saturated heterocycles. The SMILES string of the molecule is CC1(C)O[B]OC1(C)C.Clc1cccnc1. The number of aromatic nitrogens is 1. The predicted molar refractivity (Wildman–Crippen MR) is 65.3 cm³/mol. The molecule has 0 N–H and O–H groups in total. The largest absolute Gasteiger partial charge is 0.488 e. The van der Waals surface area contributed by atoms with Crippen molar-refractivity contribution in [2.24, 2.45) is 0 Å². The van der Waals surface area contributed by atoms with Gasteiger partial charge in [0.05, 0.1) is 16.2 Å². The summed E-state index contributed by atoms with van der Waals surface area (Å²) in [6, 6.07) is 3.58. The van der Waals surface area contributed by atoms with Crippen molar-refractivity contribution < 1.29 is 9.31 Å². The second-order valence-corrected chi connectivity index (χ2v) is 4.96. The number of hydrogen-bond donors (Lipinski definition) is 0. The van der Waals surface area contributed by atoms with Gasteiger partial charge < -0.3 is 9.31 Å². The van der Waals surface area contributed by atoms with E-state index in [0.29, 0.717) is 5.02 Å². The summed E-state index contributed by atoms with van der Waals surface area (Å²) in [5.74, 6) is 0. The Labute approximate surface area is 102 Å². The van der Waals surface area contributed by atoms with Gasteiger partial charge in [-0.15, -0.1) is 0 Å². The third-order valence-electron chi connectivity index (χ3n) is 2.76. The van der Waals surface area contributed by atoms with E-state index in [1.54, 1.807) is 24.5 Å². The minimum atomic E-state index is -0.188. The Balaban J connectivity index is 0.000000165. The summed E-state index contributed by atoms with van der Waals surface area (Å²) in [6.45, 7) is 8.04. The maximum Gasteiger partial charge on any atom is 0.488 e. The van der Waals surface area contributed by atoms with Gasteiger partial charge in [-0.05, 0) is 39.8 Å². The van der Waals surface area contributed by atoms with Crippen LogP contribution >= 0.6 is 11.6 Å². The average Bonchev–Trinajstić information content (AvgIpc) is 2.41. The summed E-state index contributed by atoms with van der Waals surface area (Å²) in [4.78, 5) is 3.75. The third-order valence-corrected chi connectivity index (χ3v) is 2.98. The lowest BCUT2D eigenvalue weighted by atomic mass is 9.90. The molecule has 16 heavy (non-hydrogen) atoms. The molecule has 0 unspecified atom stereocenters. The van der Waals surface area contributed by atoms with E-state index in [-0.39, 0.29) is 11.2 Å². The van der Waals surface area contributed by atoms with Crippen LogP contribution in [0, 0.1) is 0 Å². The molecule has 1 aliphatic heterocycles. The molecule has 0 aromatic carbocycles. The molecule has 87 valence electrons. The first-order valence-electron chi connectivity index (χ1n) is 5.08. The molecule has 1 aromatic rings. The van der Waals surface area contributed by atoms with Crippen LogP contribution in [-0.4, -0.2) is 23.9 Å². The Morgan fingerprint density at radius 3 is 1.94 bits per heavy atom. The summed E-state index contributed by atoms with van der Waals surface area (Å²) in [6.07, 6.45) is 3.29. The molecule has 1 aromatic heterocycles. The van der Waals surface area contributed by atoms with E-state index in [9.17, 15) is 0 Å². The standard InChI is InChI=1S/C6H12BO2.C5H4ClN/c1-5(2)6(3,4)9-7-8-5;6-5-2-1-3-7-4-5/h1-4H3;1-4H. The van der Waals surface area contributed by atoms with Gasteiger partial charge >= 0.3 is 7.69 Å². The van der Waals surface area contributed by atoms with Gasteiger partial charge in [-0.3, -0.25) is 4.98 Å². The zero-order valence-corrected chi connectivity index (χ0v) is 10.8. The molecule has 1 fully saturated rings. The highest BCUT2D eigenvalue weighted by Gasteiger charge is 2.44. The number of pyridine rings is 1. The van der Waals surface area contributed by atoms with Crippen molar-refractivity contribution in [1.82, 2.24) is 4.98 Å². The smallest absolute Gasteiger partial charge is 0.405 e. The molecular weight excluding hydrogens is 224 g/mol. The lowest BCUT2D eigenvalue weighted by Crippen LogP contribution is -2.41. The van der Waals surface area contributed by atoms with Crippen LogP contribution in [0.2, 0.25) is 5.02 Å². The fourth-order valence-corrected chi connectivity index (χ4v) is 1.02. The molecular formula is C11H16BClNO2. The molecule has 0 aliphatic carbocycles. The lowest BCUT2D eigenvalue weighted by molar-refractivity contribution is 0.00578. The Kier molecular flexibility index (Phi) is 4.36. The Hall–Kier alpha value is -0.575. The Bertz CT molecular complexity index is 316. The molecule has 0 amide bonds. The van der Waals surface area contributed by atoms with Gasteiger partial charge in [-0.1, -0.05) is 11.6 Å². The first-order valence-corrected chi connectivity index (χ1v) is 5.46. The highest BCUT2D eigenvalue weighted by Crippen LogP contribution is 2.33. The van der Waals surface area contributed by atoms with E-state index in [2.05, 4.69) is 4.98 Å². The minimum absolute atomic E-state index is 0.187. The van der Waals surface area contributed by atoms with Crippen molar-refractivity contribution in [3.8, 4) is 0 Å². The highest BCUT2D eigenvalue weighted by atomic mass is 35.5. The fraction of sp³-hybridized carbons (Fsp3) is 0.545. The molecule has 0 saturated carbocycles. The summed E-state index contributed by atoms with van der Waals surface area (Å²) >= 11 is 5.48. The summed E-state index contributed by atoms with van der Waals surface area (Å²) in [5.41, 5.74) is -0.375. The van der Waals surface area contributed by atoms with Gasteiger partial charge in [0.2, 0.25) is 0 Å². The molecule has 0 bridgehead atoms. The van der Waals surface area contributed by atoms with Crippen molar-refractivity contribution in [2.75, 3.05) is 0 Å².